The normalized spacial score (nSPS) is 11.5. The van der Waals surface area contributed by atoms with Crippen LogP contribution in [0, 0.1) is 0 Å². The molecule has 0 amide bonds. The summed E-state index contributed by atoms with van der Waals surface area (Å²) in [6.07, 6.45) is 0. The van der Waals surface area contributed by atoms with Crippen LogP contribution in [0.4, 0.5) is 22.7 Å². The lowest BCUT2D eigenvalue weighted by Crippen LogP contribution is -1.75. The van der Waals surface area contributed by atoms with Gasteiger partial charge in [-0.05, 0) is 36.4 Å². The maximum absolute atomic E-state index is 4.42. The van der Waals surface area contributed by atoms with E-state index in [0.717, 1.165) is 33.5 Å². The van der Waals surface area contributed by atoms with Gasteiger partial charge in [-0.3, -0.25) is 0 Å². The largest absolute Gasteiger partial charge is 0.151 e. The highest BCUT2D eigenvalue weighted by atomic mass is 15.1. The fourth-order valence-electron chi connectivity index (χ4n) is 2.65. The first-order valence-corrected chi connectivity index (χ1v) is 8.35. The number of benzene rings is 4. The molecule has 4 aromatic rings. The third-order valence-electron chi connectivity index (χ3n) is 3.94. The van der Waals surface area contributed by atoms with Crippen LogP contribution in [0.25, 0.3) is 10.8 Å². The molecule has 0 aliphatic heterocycles. The fraction of sp³-hybridized carbons (Fsp3) is 0. The summed E-state index contributed by atoms with van der Waals surface area (Å²) in [6.45, 7) is 0. The molecule has 0 heterocycles. The maximum Gasteiger partial charge on any atom is 0.0936 e. The second-order valence-corrected chi connectivity index (χ2v) is 5.72. The molecule has 124 valence electrons. The van der Waals surface area contributed by atoms with E-state index in [-0.39, 0.29) is 0 Å². The van der Waals surface area contributed by atoms with Crippen molar-refractivity contribution < 1.29 is 0 Å². The van der Waals surface area contributed by atoms with Crippen molar-refractivity contribution in [1.82, 2.24) is 0 Å². The van der Waals surface area contributed by atoms with Gasteiger partial charge in [0, 0.05) is 10.8 Å². The zero-order valence-electron chi connectivity index (χ0n) is 14.0. The van der Waals surface area contributed by atoms with Crippen molar-refractivity contribution in [1.29, 1.82) is 0 Å². The van der Waals surface area contributed by atoms with Crippen molar-refractivity contribution in [3.8, 4) is 0 Å². The Morgan fingerprint density at radius 1 is 0.346 bits per heavy atom. The molecule has 0 atom stereocenters. The Morgan fingerprint density at radius 3 is 1.15 bits per heavy atom. The van der Waals surface area contributed by atoms with E-state index in [9.17, 15) is 0 Å². The van der Waals surface area contributed by atoms with E-state index in [1.165, 1.54) is 0 Å². The third-order valence-corrected chi connectivity index (χ3v) is 3.94. The van der Waals surface area contributed by atoms with Crippen LogP contribution in [0.3, 0.4) is 0 Å². The maximum atomic E-state index is 4.42. The first-order valence-electron chi connectivity index (χ1n) is 8.35. The van der Waals surface area contributed by atoms with Gasteiger partial charge in [0.1, 0.15) is 0 Å². The monoisotopic (exact) mass is 336 g/mol. The lowest BCUT2D eigenvalue weighted by Gasteiger charge is -2.04. The number of hydrogen-bond acceptors (Lipinski definition) is 4. The Hall–Kier alpha value is -3.66. The van der Waals surface area contributed by atoms with Gasteiger partial charge in [-0.1, -0.05) is 60.7 Å². The summed E-state index contributed by atoms with van der Waals surface area (Å²) >= 11 is 0. The molecule has 0 saturated carbocycles. The highest BCUT2D eigenvalue weighted by Crippen LogP contribution is 2.35. The van der Waals surface area contributed by atoms with E-state index < -0.39 is 0 Å². The van der Waals surface area contributed by atoms with Crippen molar-refractivity contribution in [2.24, 2.45) is 20.5 Å². The van der Waals surface area contributed by atoms with E-state index in [2.05, 4.69) is 20.5 Å². The zero-order valence-corrected chi connectivity index (χ0v) is 14.0. The molecule has 0 radical (unpaired) electrons. The molecule has 26 heavy (non-hydrogen) atoms. The van der Waals surface area contributed by atoms with E-state index in [0.29, 0.717) is 0 Å². The molecule has 0 unspecified atom stereocenters. The minimum atomic E-state index is 0.808. The van der Waals surface area contributed by atoms with Gasteiger partial charge < -0.3 is 0 Å². The smallest absolute Gasteiger partial charge is 0.0936 e. The first kappa shape index (κ1) is 15.8. The summed E-state index contributed by atoms with van der Waals surface area (Å²) in [5, 5.41) is 19.5. The van der Waals surface area contributed by atoms with E-state index in [4.69, 9.17) is 0 Å². The van der Waals surface area contributed by atoms with Crippen molar-refractivity contribution in [2.45, 2.75) is 0 Å². The molecule has 4 rings (SSSR count). The second-order valence-electron chi connectivity index (χ2n) is 5.72. The predicted octanol–water partition coefficient (Wildman–Crippen LogP) is 7.67. The summed E-state index contributed by atoms with van der Waals surface area (Å²) in [4.78, 5) is 0. The SMILES string of the molecule is c1ccc(N=Nc2ccc(N=Nc3ccccc3)c3ccccc23)cc1. The van der Waals surface area contributed by atoms with Crippen LogP contribution in [-0.4, -0.2) is 0 Å². The minimum absolute atomic E-state index is 0.808. The van der Waals surface area contributed by atoms with Crippen LogP contribution in [0.5, 0.6) is 0 Å². The summed E-state index contributed by atoms with van der Waals surface area (Å²) in [5.41, 5.74) is 3.26. The number of rotatable bonds is 4. The molecule has 0 spiro atoms. The molecule has 4 aromatic carbocycles. The summed E-state index contributed by atoms with van der Waals surface area (Å²) in [7, 11) is 0. The molecule has 0 aliphatic carbocycles. The molecule has 0 fully saturated rings. The van der Waals surface area contributed by atoms with Crippen molar-refractivity contribution in [2.75, 3.05) is 0 Å². The Bertz CT molecular complexity index is 983. The van der Waals surface area contributed by atoms with Gasteiger partial charge in [-0.15, -0.1) is 10.2 Å². The van der Waals surface area contributed by atoms with Crippen LogP contribution in [-0.2, 0) is 0 Å². The molecular weight excluding hydrogens is 320 g/mol. The fourth-order valence-corrected chi connectivity index (χ4v) is 2.65. The van der Waals surface area contributed by atoms with Crippen molar-refractivity contribution in [3.05, 3.63) is 97.1 Å². The van der Waals surface area contributed by atoms with Gasteiger partial charge in [0.15, 0.2) is 0 Å². The number of nitrogens with zero attached hydrogens (tertiary/aromatic N) is 4. The Kier molecular flexibility index (Phi) is 4.56. The van der Waals surface area contributed by atoms with E-state index in [1.54, 1.807) is 0 Å². The molecule has 0 aromatic heterocycles. The lowest BCUT2D eigenvalue weighted by molar-refractivity contribution is 1.23. The van der Waals surface area contributed by atoms with Gasteiger partial charge in [0.25, 0.3) is 0 Å². The first-order chi connectivity index (χ1) is 12.9. The van der Waals surface area contributed by atoms with Crippen LogP contribution in [0.2, 0.25) is 0 Å². The van der Waals surface area contributed by atoms with Gasteiger partial charge in [0.05, 0.1) is 22.7 Å². The second kappa shape index (κ2) is 7.49. The number of hydrogen-bond donors (Lipinski definition) is 0. The van der Waals surface area contributed by atoms with Gasteiger partial charge >= 0.3 is 0 Å². The topological polar surface area (TPSA) is 49.4 Å². The molecule has 0 N–H and O–H groups in total. The summed E-state index contributed by atoms with van der Waals surface area (Å²) in [5.74, 6) is 0. The number of fused-ring (bicyclic) bond motifs is 1. The third kappa shape index (κ3) is 3.54. The quantitative estimate of drug-likeness (QED) is 0.343. The Labute approximate surface area is 151 Å². The standard InChI is InChI=1S/C22H16N4/c1-3-9-17(10-4-1)23-25-21-15-16-22(20-14-8-7-13-19(20)21)26-24-18-11-5-2-6-12-18/h1-16H. The summed E-state index contributed by atoms with van der Waals surface area (Å²) < 4.78 is 0. The average molecular weight is 336 g/mol. The highest BCUT2D eigenvalue weighted by Gasteiger charge is 2.05. The zero-order chi connectivity index (χ0) is 17.6. The van der Waals surface area contributed by atoms with Crippen LogP contribution in [0.1, 0.15) is 0 Å². The van der Waals surface area contributed by atoms with Crippen LogP contribution in [0.15, 0.2) is 118 Å². The van der Waals surface area contributed by atoms with E-state index >= 15 is 0 Å². The molecule has 4 heteroatoms. The molecular formula is C22H16N4. The molecule has 0 aliphatic rings. The molecule has 0 saturated heterocycles. The highest BCUT2D eigenvalue weighted by molar-refractivity contribution is 5.99. The van der Waals surface area contributed by atoms with Crippen LogP contribution >= 0.6 is 0 Å². The predicted molar refractivity (Wildman–Crippen MR) is 105 cm³/mol. The Balaban J connectivity index is 1.72. The molecule has 4 nitrogen and oxygen atoms in total. The van der Waals surface area contributed by atoms with Crippen molar-refractivity contribution >= 4 is 33.5 Å². The average Bonchev–Trinajstić information content (AvgIpc) is 2.72. The van der Waals surface area contributed by atoms with Gasteiger partial charge in [-0.2, -0.15) is 10.2 Å². The molecule has 0 bridgehead atoms. The lowest BCUT2D eigenvalue weighted by atomic mass is 10.1. The van der Waals surface area contributed by atoms with Gasteiger partial charge in [0.2, 0.25) is 0 Å². The summed E-state index contributed by atoms with van der Waals surface area (Å²) in [6, 6.07) is 31.3. The van der Waals surface area contributed by atoms with E-state index in [1.807, 2.05) is 97.1 Å². The minimum Gasteiger partial charge on any atom is -0.151 e. The van der Waals surface area contributed by atoms with Crippen LogP contribution < -0.4 is 0 Å². The Morgan fingerprint density at radius 2 is 0.731 bits per heavy atom. The van der Waals surface area contributed by atoms with Gasteiger partial charge in [-0.25, -0.2) is 0 Å². The number of azo groups is 2. The van der Waals surface area contributed by atoms with Crippen molar-refractivity contribution in [3.63, 3.8) is 0 Å².